The molecule has 0 radical (unpaired) electrons. The maximum absolute atomic E-state index is 13.2. The number of amides is 1. The molecule has 3 nitrogen and oxygen atoms in total. The summed E-state index contributed by atoms with van der Waals surface area (Å²) >= 11 is 0. The molecule has 1 aromatic carbocycles. The first kappa shape index (κ1) is 11.3. The highest BCUT2D eigenvalue weighted by Gasteiger charge is 2.23. The molecule has 1 aromatic heterocycles. The lowest BCUT2D eigenvalue weighted by molar-refractivity contribution is 0.0787. The van der Waals surface area contributed by atoms with Gasteiger partial charge in [0.1, 0.15) is 11.5 Å². The van der Waals surface area contributed by atoms with Crippen molar-refractivity contribution < 1.29 is 9.18 Å². The molecular formula is C14H15FN2O. The molecule has 1 aliphatic rings. The van der Waals surface area contributed by atoms with Crippen molar-refractivity contribution in [3.63, 3.8) is 0 Å². The largest absolute Gasteiger partial charge is 0.350 e. The van der Waals surface area contributed by atoms with Crippen molar-refractivity contribution in [1.29, 1.82) is 0 Å². The first-order valence-corrected chi connectivity index (χ1v) is 6.24. The lowest BCUT2D eigenvalue weighted by Crippen LogP contribution is -2.28. The third kappa shape index (κ3) is 1.68. The van der Waals surface area contributed by atoms with E-state index in [1.165, 1.54) is 12.1 Å². The number of hydrogen-bond acceptors (Lipinski definition) is 1. The number of hydrogen-bond donors (Lipinski definition) is 1. The van der Waals surface area contributed by atoms with E-state index < -0.39 is 0 Å². The number of carbonyl (C=O) groups is 1. The molecule has 0 unspecified atom stereocenters. The fourth-order valence-electron chi connectivity index (χ4n) is 2.60. The van der Waals surface area contributed by atoms with Gasteiger partial charge in [-0.2, -0.15) is 0 Å². The first-order valence-electron chi connectivity index (χ1n) is 6.24. The molecule has 3 rings (SSSR count). The van der Waals surface area contributed by atoms with Gasteiger partial charge in [0, 0.05) is 24.0 Å². The summed E-state index contributed by atoms with van der Waals surface area (Å²) in [4.78, 5) is 17.2. The van der Waals surface area contributed by atoms with Gasteiger partial charge < -0.3 is 9.88 Å². The zero-order chi connectivity index (χ0) is 12.7. The van der Waals surface area contributed by atoms with Crippen LogP contribution in [0.25, 0.3) is 10.9 Å². The van der Waals surface area contributed by atoms with Crippen molar-refractivity contribution in [2.24, 2.45) is 0 Å². The number of aryl methyl sites for hydroxylation is 1. The number of likely N-dealkylation sites (tertiary alicyclic amines) is 1. The molecule has 2 aromatic rings. The second-order valence-electron chi connectivity index (χ2n) is 4.81. The summed E-state index contributed by atoms with van der Waals surface area (Å²) in [5, 5.41) is 0.916. The molecule has 1 aliphatic heterocycles. The average molecular weight is 246 g/mol. The Morgan fingerprint density at radius 1 is 1.33 bits per heavy atom. The Kier molecular flexibility index (Phi) is 2.58. The maximum atomic E-state index is 13.2. The minimum atomic E-state index is -0.288. The standard InChI is InChI=1S/C14H15FN2O/c1-9-11-5-4-10(15)8-12(11)16-13(9)14(18)17-6-2-3-7-17/h4-5,8,16H,2-3,6-7H2,1H3. The Bertz CT molecular complexity index is 612. The summed E-state index contributed by atoms with van der Waals surface area (Å²) < 4.78 is 13.2. The quantitative estimate of drug-likeness (QED) is 0.825. The minimum Gasteiger partial charge on any atom is -0.350 e. The van der Waals surface area contributed by atoms with Gasteiger partial charge in [0.15, 0.2) is 0 Å². The number of fused-ring (bicyclic) bond motifs is 1. The van der Waals surface area contributed by atoms with E-state index in [9.17, 15) is 9.18 Å². The van der Waals surface area contributed by atoms with Gasteiger partial charge in [-0.25, -0.2) is 4.39 Å². The minimum absolute atomic E-state index is 0.0293. The normalized spacial score (nSPS) is 15.6. The van der Waals surface area contributed by atoms with Gasteiger partial charge in [-0.05, 0) is 43.5 Å². The molecular weight excluding hydrogens is 231 g/mol. The van der Waals surface area contributed by atoms with Gasteiger partial charge >= 0.3 is 0 Å². The van der Waals surface area contributed by atoms with Crippen LogP contribution >= 0.6 is 0 Å². The van der Waals surface area contributed by atoms with Gasteiger partial charge in [-0.3, -0.25) is 4.79 Å². The number of benzene rings is 1. The van der Waals surface area contributed by atoms with E-state index >= 15 is 0 Å². The molecule has 0 saturated carbocycles. The van der Waals surface area contributed by atoms with Crippen LogP contribution in [0.3, 0.4) is 0 Å². The lowest BCUT2D eigenvalue weighted by atomic mass is 10.1. The zero-order valence-electron chi connectivity index (χ0n) is 10.3. The summed E-state index contributed by atoms with van der Waals surface area (Å²) in [6.45, 7) is 3.55. The Morgan fingerprint density at radius 2 is 2.06 bits per heavy atom. The Hall–Kier alpha value is -1.84. The molecule has 1 saturated heterocycles. The number of nitrogens with zero attached hydrogens (tertiary/aromatic N) is 1. The van der Waals surface area contributed by atoms with Crippen LogP contribution in [0.1, 0.15) is 28.9 Å². The molecule has 1 amide bonds. The first-order chi connectivity index (χ1) is 8.66. The SMILES string of the molecule is Cc1c(C(=O)N2CCCC2)[nH]c2cc(F)ccc12. The second kappa shape index (κ2) is 4.12. The van der Waals surface area contributed by atoms with Crippen molar-refractivity contribution in [3.05, 3.63) is 35.3 Å². The van der Waals surface area contributed by atoms with Gasteiger partial charge in [-0.1, -0.05) is 0 Å². The summed E-state index contributed by atoms with van der Waals surface area (Å²) in [6.07, 6.45) is 2.14. The Labute approximate surface area is 105 Å². The second-order valence-corrected chi connectivity index (χ2v) is 4.81. The topological polar surface area (TPSA) is 36.1 Å². The molecule has 2 heterocycles. The number of aromatic amines is 1. The molecule has 0 bridgehead atoms. The molecule has 18 heavy (non-hydrogen) atoms. The predicted molar refractivity (Wildman–Crippen MR) is 68.1 cm³/mol. The Morgan fingerprint density at radius 3 is 2.78 bits per heavy atom. The van der Waals surface area contributed by atoms with Crippen molar-refractivity contribution >= 4 is 16.8 Å². The van der Waals surface area contributed by atoms with E-state index in [-0.39, 0.29) is 11.7 Å². The fraction of sp³-hybridized carbons (Fsp3) is 0.357. The van der Waals surface area contributed by atoms with Crippen LogP contribution < -0.4 is 0 Å². The van der Waals surface area contributed by atoms with Crippen LogP contribution in [0.5, 0.6) is 0 Å². The van der Waals surface area contributed by atoms with E-state index in [1.54, 1.807) is 6.07 Å². The number of carbonyl (C=O) groups excluding carboxylic acids is 1. The van der Waals surface area contributed by atoms with E-state index in [4.69, 9.17) is 0 Å². The number of halogens is 1. The molecule has 1 N–H and O–H groups in total. The van der Waals surface area contributed by atoms with E-state index in [2.05, 4.69) is 4.98 Å². The van der Waals surface area contributed by atoms with Crippen LogP contribution in [-0.4, -0.2) is 28.9 Å². The van der Waals surface area contributed by atoms with Crippen molar-refractivity contribution in [2.75, 3.05) is 13.1 Å². The number of nitrogens with one attached hydrogen (secondary N) is 1. The number of H-pyrrole nitrogens is 1. The molecule has 1 fully saturated rings. The lowest BCUT2D eigenvalue weighted by Gasteiger charge is -2.14. The van der Waals surface area contributed by atoms with Crippen LogP contribution in [0, 0.1) is 12.7 Å². The highest BCUT2D eigenvalue weighted by atomic mass is 19.1. The summed E-state index contributed by atoms with van der Waals surface area (Å²) in [7, 11) is 0. The number of rotatable bonds is 1. The van der Waals surface area contributed by atoms with Crippen molar-refractivity contribution in [1.82, 2.24) is 9.88 Å². The van der Waals surface area contributed by atoms with Crippen LogP contribution in [0.2, 0.25) is 0 Å². The van der Waals surface area contributed by atoms with Gasteiger partial charge in [-0.15, -0.1) is 0 Å². The maximum Gasteiger partial charge on any atom is 0.270 e. The number of aromatic nitrogens is 1. The average Bonchev–Trinajstić information content (AvgIpc) is 2.97. The van der Waals surface area contributed by atoms with Crippen LogP contribution in [0.15, 0.2) is 18.2 Å². The third-order valence-electron chi connectivity index (χ3n) is 3.63. The third-order valence-corrected chi connectivity index (χ3v) is 3.63. The predicted octanol–water partition coefficient (Wildman–Crippen LogP) is 2.85. The Balaban J connectivity index is 2.06. The van der Waals surface area contributed by atoms with Crippen LogP contribution in [0.4, 0.5) is 4.39 Å². The van der Waals surface area contributed by atoms with Gasteiger partial charge in [0.25, 0.3) is 5.91 Å². The van der Waals surface area contributed by atoms with Crippen molar-refractivity contribution in [2.45, 2.75) is 19.8 Å². The summed E-state index contributed by atoms with van der Waals surface area (Å²) in [5.41, 5.74) is 2.19. The smallest absolute Gasteiger partial charge is 0.270 e. The van der Waals surface area contributed by atoms with Crippen molar-refractivity contribution in [3.8, 4) is 0 Å². The van der Waals surface area contributed by atoms with E-state index in [0.717, 1.165) is 36.9 Å². The molecule has 0 spiro atoms. The molecule has 0 aliphatic carbocycles. The van der Waals surface area contributed by atoms with Gasteiger partial charge in [0.05, 0.1) is 0 Å². The van der Waals surface area contributed by atoms with Crippen LogP contribution in [-0.2, 0) is 0 Å². The molecule has 0 atom stereocenters. The fourth-order valence-corrected chi connectivity index (χ4v) is 2.60. The van der Waals surface area contributed by atoms with E-state index in [0.29, 0.717) is 11.2 Å². The monoisotopic (exact) mass is 246 g/mol. The van der Waals surface area contributed by atoms with E-state index in [1.807, 2.05) is 11.8 Å². The van der Waals surface area contributed by atoms with Gasteiger partial charge in [0.2, 0.25) is 0 Å². The highest BCUT2D eigenvalue weighted by Crippen LogP contribution is 2.24. The molecule has 94 valence electrons. The molecule has 4 heteroatoms. The summed E-state index contributed by atoms with van der Waals surface area (Å²) in [6, 6.07) is 4.58. The zero-order valence-corrected chi connectivity index (χ0v) is 10.3. The summed E-state index contributed by atoms with van der Waals surface area (Å²) in [5.74, 6) is -0.259. The highest BCUT2D eigenvalue weighted by molar-refractivity contribution is 6.00.